The smallest absolute Gasteiger partial charge is 0.267 e. The van der Waals surface area contributed by atoms with E-state index in [4.69, 9.17) is 5.10 Å². The van der Waals surface area contributed by atoms with E-state index in [0.717, 1.165) is 42.0 Å². The third-order valence-corrected chi connectivity index (χ3v) is 5.90. The molecule has 1 spiro atoms. The van der Waals surface area contributed by atoms with Crippen LogP contribution in [-0.4, -0.2) is 33.7 Å². The van der Waals surface area contributed by atoms with Crippen LogP contribution in [0.2, 0.25) is 0 Å². The summed E-state index contributed by atoms with van der Waals surface area (Å²) in [5.41, 5.74) is 2.72. The predicted molar refractivity (Wildman–Crippen MR) is 99.5 cm³/mol. The van der Waals surface area contributed by atoms with Crippen LogP contribution in [0.1, 0.15) is 35.2 Å². The van der Waals surface area contributed by atoms with Gasteiger partial charge >= 0.3 is 0 Å². The van der Waals surface area contributed by atoms with Gasteiger partial charge in [0.1, 0.15) is 0 Å². The maximum Gasteiger partial charge on any atom is 0.274 e. The van der Waals surface area contributed by atoms with Crippen LogP contribution >= 0.6 is 11.8 Å². The normalized spacial score (nSPS) is 19.3. The first-order valence-corrected chi connectivity index (χ1v) is 9.54. The molecule has 2 aliphatic rings. The van der Waals surface area contributed by atoms with Gasteiger partial charge in [-0.15, -0.1) is 0 Å². The van der Waals surface area contributed by atoms with Crippen LogP contribution in [0.15, 0.2) is 65.8 Å². The third kappa shape index (κ3) is 2.75. The van der Waals surface area contributed by atoms with Gasteiger partial charge in [0.05, 0.1) is 11.3 Å². The number of benzene rings is 2. The number of amides is 1. The van der Waals surface area contributed by atoms with Gasteiger partial charge in [0.25, 0.3) is 5.91 Å². The summed E-state index contributed by atoms with van der Waals surface area (Å²) >= 11 is 1.97. The molecule has 4 heteroatoms. The van der Waals surface area contributed by atoms with Gasteiger partial charge in [-0.1, -0.05) is 48.5 Å². The van der Waals surface area contributed by atoms with Crippen molar-refractivity contribution in [3.05, 3.63) is 71.8 Å². The van der Waals surface area contributed by atoms with E-state index in [9.17, 15) is 4.79 Å². The van der Waals surface area contributed by atoms with E-state index < -0.39 is 0 Å². The first kappa shape index (κ1) is 15.5. The van der Waals surface area contributed by atoms with E-state index >= 15 is 0 Å². The lowest BCUT2D eigenvalue weighted by atomic mass is 9.85. The van der Waals surface area contributed by atoms with Crippen LogP contribution < -0.4 is 0 Å². The van der Waals surface area contributed by atoms with Gasteiger partial charge in [-0.3, -0.25) is 4.79 Å². The van der Waals surface area contributed by atoms with Gasteiger partial charge in [0.2, 0.25) is 0 Å². The van der Waals surface area contributed by atoms with Gasteiger partial charge in [0, 0.05) is 12.0 Å². The predicted octanol–water partition coefficient (Wildman–Crippen LogP) is 4.20. The minimum absolute atomic E-state index is 0.0217. The van der Waals surface area contributed by atoms with Crippen LogP contribution in [0.3, 0.4) is 0 Å². The fraction of sp³-hybridized carbons (Fsp3) is 0.300. The number of rotatable bonds is 2. The fourth-order valence-corrected chi connectivity index (χ4v) is 4.80. The summed E-state index contributed by atoms with van der Waals surface area (Å²) in [5.74, 6) is 2.21. The molecule has 2 aromatic rings. The van der Waals surface area contributed by atoms with Crippen LogP contribution in [0.25, 0.3) is 0 Å². The Morgan fingerprint density at radius 2 is 1.58 bits per heavy atom. The lowest BCUT2D eigenvalue weighted by Crippen LogP contribution is -2.48. The quantitative estimate of drug-likeness (QED) is 0.823. The van der Waals surface area contributed by atoms with Gasteiger partial charge in [0.15, 0.2) is 0 Å². The van der Waals surface area contributed by atoms with E-state index in [1.165, 1.54) is 0 Å². The minimum atomic E-state index is -0.149. The Morgan fingerprint density at radius 3 is 2.25 bits per heavy atom. The van der Waals surface area contributed by atoms with Crippen molar-refractivity contribution >= 4 is 23.4 Å². The molecule has 0 bridgehead atoms. The summed E-state index contributed by atoms with van der Waals surface area (Å²) in [6.07, 6.45) is 2.88. The molecule has 1 fully saturated rings. The van der Waals surface area contributed by atoms with E-state index in [1.807, 2.05) is 60.3 Å². The Morgan fingerprint density at radius 1 is 0.958 bits per heavy atom. The van der Waals surface area contributed by atoms with Crippen molar-refractivity contribution in [2.45, 2.75) is 24.8 Å². The molecule has 0 saturated carbocycles. The lowest BCUT2D eigenvalue weighted by Gasteiger charge is -2.39. The maximum absolute atomic E-state index is 13.1. The molecule has 0 N–H and O–H groups in total. The number of carbonyl (C=O) groups is 1. The fourth-order valence-electron chi connectivity index (χ4n) is 3.54. The molecule has 4 rings (SSSR count). The van der Waals surface area contributed by atoms with Gasteiger partial charge < -0.3 is 0 Å². The highest BCUT2D eigenvalue weighted by Gasteiger charge is 2.46. The Kier molecular flexibility index (Phi) is 4.15. The molecule has 0 aromatic heterocycles. The van der Waals surface area contributed by atoms with Crippen LogP contribution in [-0.2, 0) is 0 Å². The number of nitrogens with zero attached hydrogens (tertiary/aromatic N) is 2. The summed E-state index contributed by atoms with van der Waals surface area (Å²) in [4.78, 5) is 13.1. The van der Waals surface area contributed by atoms with E-state index in [-0.39, 0.29) is 11.4 Å². The zero-order valence-electron chi connectivity index (χ0n) is 13.5. The molecule has 2 heterocycles. The topological polar surface area (TPSA) is 32.7 Å². The summed E-state index contributed by atoms with van der Waals surface area (Å²) in [6.45, 7) is 0. The van der Waals surface area contributed by atoms with Gasteiger partial charge in [-0.05, 0) is 42.0 Å². The second kappa shape index (κ2) is 6.44. The first-order valence-electron chi connectivity index (χ1n) is 8.39. The standard InChI is InChI=1S/C20H20N2OS/c23-19(17-9-5-2-6-10-17)22-20(11-13-24-14-12-20)15-18(21-22)16-7-3-1-4-8-16/h1-10H,11-15H2. The SMILES string of the molecule is O=C(c1ccccc1)N1N=C(c2ccccc2)CC12CCSCC2. The van der Waals surface area contributed by atoms with Crippen molar-refractivity contribution in [2.75, 3.05) is 11.5 Å². The van der Waals surface area contributed by atoms with Crippen molar-refractivity contribution in [3.63, 3.8) is 0 Å². The number of hydrazone groups is 1. The monoisotopic (exact) mass is 336 g/mol. The van der Waals surface area contributed by atoms with Crippen LogP contribution in [0, 0.1) is 0 Å². The Hall–Kier alpha value is -2.07. The highest BCUT2D eigenvalue weighted by atomic mass is 32.2. The zero-order chi connectivity index (χ0) is 16.4. The molecule has 2 aliphatic heterocycles. The number of hydrogen-bond donors (Lipinski definition) is 0. The molecular weight excluding hydrogens is 316 g/mol. The molecule has 24 heavy (non-hydrogen) atoms. The first-order chi connectivity index (χ1) is 11.8. The molecule has 0 aliphatic carbocycles. The second-order valence-electron chi connectivity index (χ2n) is 6.41. The largest absolute Gasteiger partial charge is 0.274 e. The van der Waals surface area contributed by atoms with Crippen molar-refractivity contribution in [3.8, 4) is 0 Å². The Bertz CT molecular complexity index is 752. The Labute approximate surface area is 146 Å². The Balaban J connectivity index is 1.72. The summed E-state index contributed by atoms with van der Waals surface area (Å²) in [6, 6.07) is 19.8. The number of hydrogen-bond acceptors (Lipinski definition) is 3. The molecule has 3 nitrogen and oxygen atoms in total. The van der Waals surface area contributed by atoms with Crippen LogP contribution in [0.4, 0.5) is 0 Å². The highest BCUT2D eigenvalue weighted by Crippen LogP contribution is 2.41. The second-order valence-corrected chi connectivity index (χ2v) is 7.63. The number of carbonyl (C=O) groups excluding carboxylic acids is 1. The van der Waals surface area contributed by atoms with E-state index in [1.54, 1.807) is 5.01 Å². The molecule has 0 radical (unpaired) electrons. The zero-order valence-corrected chi connectivity index (χ0v) is 14.3. The van der Waals surface area contributed by atoms with Crippen molar-refractivity contribution in [2.24, 2.45) is 5.10 Å². The minimum Gasteiger partial charge on any atom is -0.267 e. The molecule has 1 amide bonds. The molecule has 2 aromatic carbocycles. The van der Waals surface area contributed by atoms with E-state index in [2.05, 4.69) is 12.1 Å². The molecule has 122 valence electrons. The average molecular weight is 336 g/mol. The highest BCUT2D eigenvalue weighted by molar-refractivity contribution is 7.99. The lowest BCUT2D eigenvalue weighted by molar-refractivity contribution is 0.0521. The third-order valence-electron chi connectivity index (χ3n) is 4.91. The maximum atomic E-state index is 13.1. The van der Waals surface area contributed by atoms with Crippen molar-refractivity contribution < 1.29 is 4.79 Å². The molecular formula is C20H20N2OS. The molecule has 1 saturated heterocycles. The van der Waals surface area contributed by atoms with Crippen LogP contribution in [0.5, 0.6) is 0 Å². The number of thioether (sulfide) groups is 1. The summed E-state index contributed by atoms with van der Waals surface area (Å²) in [5, 5.41) is 6.60. The summed E-state index contributed by atoms with van der Waals surface area (Å²) < 4.78 is 0. The van der Waals surface area contributed by atoms with Gasteiger partial charge in [-0.2, -0.15) is 16.9 Å². The van der Waals surface area contributed by atoms with Crippen molar-refractivity contribution in [1.29, 1.82) is 0 Å². The average Bonchev–Trinajstić information content (AvgIpc) is 3.02. The van der Waals surface area contributed by atoms with Crippen molar-refractivity contribution in [1.82, 2.24) is 5.01 Å². The summed E-state index contributed by atoms with van der Waals surface area (Å²) in [7, 11) is 0. The van der Waals surface area contributed by atoms with Gasteiger partial charge in [-0.25, -0.2) is 5.01 Å². The molecule has 0 atom stereocenters. The van der Waals surface area contributed by atoms with E-state index in [0.29, 0.717) is 5.56 Å². The molecule has 0 unspecified atom stereocenters.